The van der Waals surface area contributed by atoms with Gasteiger partial charge in [-0.15, -0.1) is 0 Å². The van der Waals surface area contributed by atoms with Crippen molar-refractivity contribution in [2.75, 3.05) is 13.1 Å². The molecule has 0 saturated heterocycles. The van der Waals surface area contributed by atoms with Crippen molar-refractivity contribution in [2.24, 2.45) is 0 Å². The lowest BCUT2D eigenvalue weighted by Gasteiger charge is -2.23. The van der Waals surface area contributed by atoms with Gasteiger partial charge in [0.15, 0.2) is 0 Å². The molecule has 0 spiro atoms. The van der Waals surface area contributed by atoms with Crippen LogP contribution >= 0.6 is 0 Å². The van der Waals surface area contributed by atoms with Gasteiger partial charge < -0.3 is 4.90 Å². The van der Waals surface area contributed by atoms with Crippen LogP contribution in [-0.2, 0) is 4.79 Å². The quantitative estimate of drug-likeness (QED) is 0.382. The minimum absolute atomic E-state index is 0.395. The maximum absolute atomic E-state index is 12.3. The highest BCUT2D eigenvalue weighted by Gasteiger charge is 2.12. The van der Waals surface area contributed by atoms with Crippen LogP contribution in [0.5, 0.6) is 0 Å². The highest BCUT2D eigenvalue weighted by molar-refractivity contribution is 5.76. The van der Waals surface area contributed by atoms with E-state index in [2.05, 4.69) is 25.7 Å². The standard InChI is InChI=1S/C18H37NO/c1-4-7-10-13-16-19(17-14-11-8-5-2)18(20)15-12-9-6-3/h4-17H2,1-3H3. The van der Waals surface area contributed by atoms with Gasteiger partial charge in [0.25, 0.3) is 0 Å². The van der Waals surface area contributed by atoms with Gasteiger partial charge in [0.1, 0.15) is 0 Å². The van der Waals surface area contributed by atoms with Gasteiger partial charge in [-0.3, -0.25) is 4.79 Å². The largest absolute Gasteiger partial charge is 0.343 e. The van der Waals surface area contributed by atoms with E-state index in [9.17, 15) is 4.79 Å². The first kappa shape index (κ1) is 19.5. The minimum atomic E-state index is 0.395. The molecule has 0 aliphatic carbocycles. The second-order valence-electron chi connectivity index (χ2n) is 5.96. The summed E-state index contributed by atoms with van der Waals surface area (Å²) in [6, 6.07) is 0. The fraction of sp³-hybridized carbons (Fsp3) is 0.944. The van der Waals surface area contributed by atoms with Gasteiger partial charge in [0.2, 0.25) is 5.91 Å². The predicted octanol–water partition coefficient (Wildman–Crippen LogP) is 5.56. The molecule has 0 unspecified atom stereocenters. The Morgan fingerprint density at radius 1 is 0.650 bits per heavy atom. The SMILES string of the molecule is CCCCCCN(CCCCCC)C(=O)CCCCC. The molecule has 20 heavy (non-hydrogen) atoms. The molecule has 1 amide bonds. The lowest BCUT2D eigenvalue weighted by Crippen LogP contribution is -2.32. The molecular formula is C18H37NO. The molecule has 0 aromatic rings. The zero-order valence-corrected chi connectivity index (χ0v) is 14.3. The number of rotatable bonds is 14. The zero-order valence-electron chi connectivity index (χ0n) is 14.3. The first-order valence-electron chi connectivity index (χ1n) is 9.04. The Hall–Kier alpha value is -0.530. The van der Waals surface area contributed by atoms with Gasteiger partial charge >= 0.3 is 0 Å². The van der Waals surface area contributed by atoms with Crippen molar-refractivity contribution < 1.29 is 4.79 Å². The molecule has 0 aliphatic heterocycles. The van der Waals surface area contributed by atoms with Crippen LogP contribution in [0.2, 0.25) is 0 Å². The maximum Gasteiger partial charge on any atom is 0.222 e. The fourth-order valence-corrected chi connectivity index (χ4v) is 2.50. The molecular weight excluding hydrogens is 246 g/mol. The Morgan fingerprint density at radius 3 is 1.55 bits per heavy atom. The summed E-state index contributed by atoms with van der Waals surface area (Å²) in [6.07, 6.45) is 14.2. The molecule has 0 heterocycles. The summed E-state index contributed by atoms with van der Waals surface area (Å²) in [5, 5.41) is 0. The van der Waals surface area contributed by atoms with Crippen molar-refractivity contribution in [3.63, 3.8) is 0 Å². The molecule has 0 saturated carbocycles. The monoisotopic (exact) mass is 283 g/mol. The summed E-state index contributed by atoms with van der Waals surface area (Å²) < 4.78 is 0. The van der Waals surface area contributed by atoms with Crippen LogP contribution in [0, 0.1) is 0 Å². The smallest absolute Gasteiger partial charge is 0.222 e. The first-order chi connectivity index (χ1) is 9.76. The normalized spacial score (nSPS) is 10.8. The van der Waals surface area contributed by atoms with E-state index in [-0.39, 0.29) is 0 Å². The molecule has 0 N–H and O–H groups in total. The van der Waals surface area contributed by atoms with Crippen LogP contribution in [0.4, 0.5) is 0 Å². The average molecular weight is 284 g/mol. The lowest BCUT2D eigenvalue weighted by molar-refractivity contribution is -0.131. The number of carbonyl (C=O) groups is 1. The van der Waals surface area contributed by atoms with Crippen LogP contribution < -0.4 is 0 Å². The molecule has 2 heteroatoms. The predicted molar refractivity (Wildman–Crippen MR) is 89.0 cm³/mol. The van der Waals surface area contributed by atoms with E-state index in [1.807, 2.05) is 0 Å². The number of amides is 1. The molecule has 0 rings (SSSR count). The van der Waals surface area contributed by atoms with Crippen molar-refractivity contribution in [3.8, 4) is 0 Å². The summed E-state index contributed by atoms with van der Waals surface area (Å²) in [5.41, 5.74) is 0. The second-order valence-corrected chi connectivity index (χ2v) is 5.96. The molecule has 0 fully saturated rings. The van der Waals surface area contributed by atoms with Crippen molar-refractivity contribution in [3.05, 3.63) is 0 Å². The Morgan fingerprint density at radius 2 is 1.10 bits per heavy atom. The van der Waals surface area contributed by atoms with Gasteiger partial charge in [-0.05, 0) is 19.3 Å². The van der Waals surface area contributed by atoms with E-state index in [4.69, 9.17) is 0 Å². The summed E-state index contributed by atoms with van der Waals surface area (Å²) in [7, 11) is 0. The Kier molecular flexibility index (Phi) is 14.5. The van der Waals surface area contributed by atoms with Crippen LogP contribution in [-0.4, -0.2) is 23.9 Å². The molecule has 0 aliphatic rings. The van der Waals surface area contributed by atoms with Gasteiger partial charge in [0, 0.05) is 19.5 Å². The average Bonchev–Trinajstić information content (AvgIpc) is 2.45. The molecule has 2 nitrogen and oxygen atoms in total. The van der Waals surface area contributed by atoms with Crippen molar-refractivity contribution >= 4 is 5.91 Å². The van der Waals surface area contributed by atoms with Crippen LogP contribution in [0.15, 0.2) is 0 Å². The molecule has 0 aromatic carbocycles. The summed E-state index contributed by atoms with van der Waals surface area (Å²) in [6.45, 7) is 8.63. The Bertz CT molecular complexity index is 203. The lowest BCUT2D eigenvalue weighted by atomic mass is 10.1. The zero-order chi connectivity index (χ0) is 15.1. The summed E-state index contributed by atoms with van der Waals surface area (Å²) in [5.74, 6) is 0.395. The number of hydrogen-bond acceptors (Lipinski definition) is 1. The summed E-state index contributed by atoms with van der Waals surface area (Å²) >= 11 is 0. The minimum Gasteiger partial charge on any atom is -0.343 e. The van der Waals surface area contributed by atoms with Crippen LogP contribution in [0.1, 0.15) is 97.8 Å². The van der Waals surface area contributed by atoms with Gasteiger partial charge in [0.05, 0.1) is 0 Å². The summed E-state index contributed by atoms with van der Waals surface area (Å²) in [4.78, 5) is 14.4. The van der Waals surface area contributed by atoms with E-state index >= 15 is 0 Å². The molecule has 0 aromatic heterocycles. The van der Waals surface area contributed by atoms with Crippen LogP contribution in [0.3, 0.4) is 0 Å². The molecule has 0 bridgehead atoms. The van der Waals surface area contributed by atoms with Gasteiger partial charge in [-0.1, -0.05) is 72.1 Å². The Labute approximate surface area is 127 Å². The van der Waals surface area contributed by atoms with Crippen molar-refractivity contribution in [1.82, 2.24) is 4.90 Å². The van der Waals surface area contributed by atoms with E-state index in [0.717, 1.165) is 25.9 Å². The Balaban J connectivity index is 3.98. The van der Waals surface area contributed by atoms with Gasteiger partial charge in [-0.2, -0.15) is 0 Å². The highest BCUT2D eigenvalue weighted by atomic mass is 16.2. The molecule has 120 valence electrons. The van der Waals surface area contributed by atoms with E-state index < -0.39 is 0 Å². The third-order valence-electron chi connectivity index (χ3n) is 3.91. The number of unbranched alkanes of at least 4 members (excludes halogenated alkanes) is 8. The molecule has 0 radical (unpaired) electrons. The fourth-order valence-electron chi connectivity index (χ4n) is 2.50. The van der Waals surface area contributed by atoms with E-state index in [0.29, 0.717) is 5.91 Å². The number of carbonyl (C=O) groups excluding carboxylic acids is 1. The number of hydrogen-bond donors (Lipinski definition) is 0. The van der Waals surface area contributed by atoms with E-state index in [1.165, 1.54) is 64.2 Å². The third kappa shape index (κ3) is 11.3. The second kappa shape index (κ2) is 14.9. The van der Waals surface area contributed by atoms with E-state index in [1.54, 1.807) is 0 Å². The third-order valence-corrected chi connectivity index (χ3v) is 3.91. The van der Waals surface area contributed by atoms with Crippen molar-refractivity contribution in [2.45, 2.75) is 97.8 Å². The van der Waals surface area contributed by atoms with Gasteiger partial charge in [-0.25, -0.2) is 0 Å². The maximum atomic E-state index is 12.3. The van der Waals surface area contributed by atoms with Crippen molar-refractivity contribution in [1.29, 1.82) is 0 Å². The topological polar surface area (TPSA) is 20.3 Å². The first-order valence-corrected chi connectivity index (χ1v) is 9.04. The van der Waals surface area contributed by atoms with Crippen LogP contribution in [0.25, 0.3) is 0 Å². The molecule has 0 atom stereocenters. The number of nitrogens with zero attached hydrogens (tertiary/aromatic N) is 1. The highest BCUT2D eigenvalue weighted by Crippen LogP contribution is 2.09.